The van der Waals surface area contributed by atoms with Gasteiger partial charge in [0.1, 0.15) is 11.4 Å². The molecule has 0 radical (unpaired) electrons. The second-order valence-corrected chi connectivity index (χ2v) is 9.69. The number of hydrogen-bond donors (Lipinski definition) is 3. The van der Waals surface area contributed by atoms with E-state index in [0.29, 0.717) is 18.3 Å². The van der Waals surface area contributed by atoms with Gasteiger partial charge < -0.3 is 30.6 Å². The summed E-state index contributed by atoms with van der Waals surface area (Å²) in [4.78, 5) is 25.8. The highest BCUT2D eigenvalue weighted by Gasteiger charge is 2.31. The monoisotopic (exact) mass is 498 g/mol. The van der Waals surface area contributed by atoms with Crippen molar-refractivity contribution in [2.45, 2.75) is 39.0 Å². The van der Waals surface area contributed by atoms with Crippen molar-refractivity contribution < 1.29 is 19.0 Å². The lowest BCUT2D eigenvalue weighted by atomic mass is 9.86. The first-order chi connectivity index (χ1) is 16.7. The molecule has 2 heterocycles. The highest BCUT2D eigenvalue weighted by molar-refractivity contribution is 7.11. The first kappa shape index (κ1) is 24.7. The number of fused-ring (bicyclic) bond motifs is 1. The number of carbonyl (C=O) groups is 1. The third-order valence-electron chi connectivity index (χ3n) is 5.96. The summed E-state index contributed by atoms with van der Waals surface area (Å²) < 4.78 is 16.8. The maximum Gasteiger partial charge on any atom is 0.279 e. The molecule has 35 heavy (non-hydrogen) atoms. The van der Waals surface area contributed by atoms with Crippen LogP contribution in [0.3, 0.4) is 0 Å². The fourth-order valence-corrected chi connectivity index (χ4v) is 4.70. The smallest absolute Gasteiger partial charge is 0.279 e. The third-order valence-corrected chi connectivity index (χ3v) is 6.67. The summed E-state index contributed by atoms with van der Waals surface area (Å²) in [5, 5.41) is 7.71. The van der Waals surface area contributed by atoms with Crippen LogP contribution in [0, 0.1) is 6.92 Å². The number of nitrogens with one attached hydrogen (secondary N) is 2. The largest absolute Gasteiger partial charge is 0.479 e. The highest BCUT2D eigenvalue weighted by atomic mass is 32.1. The Hall–Kier alpha value is -3.44. The summed E-state index contributed by atoms with van der Waals surface area (Å²) >= 11 is 1.25. The van der Waals surface area contributed by atoms with Crippen LogP contribution >= 0.6 is 11.3 Å². The van der Waals surface area contributed by atoms with Gasteiger partial charge in [0.2, 0.25) is 17.7 Å². The highest BCUT2D eigenvalue weighted by Crippen LogP contribution is 2.42. The molecule has 186 valence electrons. The van der Waals surface area contributed by atoms with Gasteiger partial charge in [-0.3, -0.25) is 4.79 Å². The van der Waals surface area contributed by atoms with Crippen LogP contribution in [-0.4, -0.2) is 48.2 Å². The van der Waals surface area contributed by atoms with Gasteiger partial charge in [-0.05, 0) is 47.9 Å². The molecule has 0 saturated heterocycles. The van der Waals surface area contributed by atoms with Crippen LogP contribution < -0.4 is 30.6 Å². The van der Waals surface area contributed by atoms with Crippen LogP contribution in [0.5, 0.6) is 22.7 Å². The van der Waals surface area contributed by atoms with Crippen LogP contribution in [0.4, 0.5) is 11.6 Å². The maximum atomic E-state index is 13.0. The molecule has 10 nitrogen and oxygen atoms in total. The van der Waals surface area contributed by atoms with Crippen molar-refractivity contribution in [1.29, 1.82) is 0 Å². The fourth-order valence-electron chi connectivity index (χ4n) is 4.04. The first-order valence-corrected chi connectivity index (χ1v) is 12.2. The molecule has 0 unspecified atom stereocenters. The Bertz CT molecular complexity index is 1220. The Morgan fingerprint density at radius 3 is 2.54 bits per heavy atom. The number of ether oxygens (including phenoxy) is 3. The number of carbonyl (C=O) groups excluding carboxylic acids is 1. The molecule has 4 rings (SSSR count). The Kier molecular flexibility index (Phi) is 7.08. The van der Waals surface area contributed by atoms with E-state index in [4.69, 9.17) is 19.9 Å². The Labute approximate surface area is 208 Å². The summed E-state index contributed by atoms with van der Waals surface area (Å²) in [5.41, 5.74) is 9.74. The van der Waals surface area contributed by atoms with Crippen LogP contribution in [0.25, 0.3) is 0 Å². The van der Waals surface area contributed by atoms with E-state index in [2.05, 4.69) is 51.6 Å². The average Bonchev–Trinajstić information content (AvgIpc) is 3.42. The molecule has 1 aliphatic rings. The molecule has 0 spiro atoms. The SMILES string of the molecule is COc1nc(NCCN)nc(OC)c1NC(=O)c1csc(Oc2cc3c(cc2C)CCC3(C)C)n1. The van der Waals surface area contributed by atoms with Crippen molar-refractivity contribution in [2.75, 3.05) is 37.9 Å². The zero-order valence-corrected chi connectivity index (χ0v) is 21.3. The normalized spacial score (nSPS) is 13.8. The number of methoxy groups -OCH3 is 2. The van der Waals surface area contributed by atoms with E-state index < -0.39 is 5.91 Å². The second kappa shape index (κ2) is 10.0. The second-order valence-electron chi connectivity index (χ2n) is 8.87. The van der Waals surface area contributed by atoms with Crippen LogP contribution in [0.2, 0.25) is 0 Å². The van der Waals surface area contributed by atoms with E-state index in [1.807, 2.05) is 6.92 Å². The molecule has 1 aliphatic carbocycles. The molecule has 2 aromatic heterocycles. The summed E-state index contributed by atoms with van der Waals surface area (Å²) in [7, 11) is 2.89. The molecule has 0 aliphatic heterocycles. The molecule has 3 aromatic rings. The van der Waals surface area contributed by atoms with Crippen molar-refractivity contribution >= 4 is 28.9 Å². The van der Waals surface area contributed by atoms with Crippen molar-refractivity contribution in [3.63, 3.8) is 0 Å². The first-order valence-electron chi connectivity index (χ1n) is 11.3. The lowest BCUT2D eigenvalue weighted by Crippen LogP contribution is -2.18. The van der Waals surface area contributed by atoms with Crippen molar-refractivity contribution in [1.82, 2.24) is 15.0 Å². The molecule has 1 amide bonds. The molecule has 4 N–H and O–H groups in total. The van der Waals surface area contributed by atoms with Crippen LogP contribution in [0.1, 0.15) is 47.4 Å². The topological polar surface area (TPSA) is 134 Å². The van der Waals surface area contributed by atoms with E-state index in [1.54, 1.807) is 5.38 Å². The number of anilines is 2. The third kappa shape index (κ3) is 5.15. The standard InChI is InChI=1S/C24H30N6O4S/c1-13-10-14-6-7-24(2,3)15(14)11-17(13)34-23-27-16(12-35-23)19(31)28-18-20(32-4)29-22(26-9-8-25)30-21(18)33-5/h10-12H,6-9,25H2,1-5H3,(H,28,31)(H,26,29,30). The number of hydrogen-bond acceptors (Lipinski definition) is 10. The van der Waals surface area contributed by atoms with Gasteiger partial charge in [-0.2, -0.15) is 15.0 Å². The minimum Gasteiger partial charge on any atom is -0.479 e. The number of nitrogens with two attached hydrogens (primary N) is 1. The van der Waals surface area contributed by atoms with Crippen molar-refractivity contribution in [3.8, 4) is 22.7 Å². The van der Waals surface area contributed by atoms with Crippen molar-refractivity contribution in [3.05, 3.63) is 39.9 Å². The summed E-state index contributed by atoms with van der Waals surface area (Å²) in [6.07, 6.45) is 2.19. The number of nitrogens with zero attached hydrogens (tertiary/aromatic N) is 3. The molecule has 1 aromatic carbocycles. The molecule has 0 saturated carbocycles. The lowest BCUT2D eigenvalue weighted by Gasteiger charge is -2.20. The average molecular weight is 499 g/mol. The molecule has 0 bridgehead atoms. The van der Waals surface area contributed by atoms with E-state index in [0.717, 1.165) is 24.2 Å². The lowest BCUT2D eigenvalue weighted by molar-refractivity contribution is 0.102. The number of thiazole rings is 1. The van der Waals surface area contributed by atoms with Gasteiger partial charge in [-0.1, -0.05) is 31.3 Å². The Morgan fingerprint density at radius 1 is 1.17 bits per heavy atom. The van der Waals surface area contributed by atoms with Gasteiger partial charge in [0.05, 0.1) is 14.2 Å². The number of rotatable bonds is 9. The molecular formula is C24H30N6O4S. The summed E-state index contributed by atoms with van der Waals surface area (Å²) in [6.45, 7) is 7.39. The van der Waals surface area contributed by atoms with Gasteiger partial charge in [0.25, 0.3) is 11.1 Å². The van der Waals surface area contributed by atoms with Gasteiger partial charge in [0.15, 0.2) is 5.69 Å². The summed E-state index contributed by atoms with van der Waals surface area (Å²) in [5.74, 6) is 0.850. The maximum absolute atomic E-state index is 13.0. The van der Waals surface area contributed by atoms with Crippen molar-refractivity contribution in [2.24, 2.45) is 5.73 Å². The molecule has 0 fully saturated rings. The fraction of sp³-hybridized carbons (Fsp3) is 0.417. The number of aryl methyl sites for hydroxylation is 2. The minimum atomic E-state index is -0.467. The molecular weight excluding hydrogens is 468 g/mol. The molecule has 0 atom stereocenters. The van der Waals surface area contributed by atoms with Gasteiger partial charge >= 0.3 is 0 Å². The number of benzene rings is 1. The molecule has 11 heteroatoms. The summed E-state index contributed by atoms with van der Waals surface area (Å²) in [6, 6.07) is 4.29. The zero-order chi connectivity index (χ0) is 25.2. The van der Waals surface area contributed by atoms with E-state index in [9.17, 15) is 4.79 Å². The van der Waals surface area contributed by atoms with E-state index >= 15 is 0 Å². The van der Waals surface area contributed by atoms with E-state index in [1.165, 1.54) is 36.7 Å². The van der Waals surface area contributed by atoms with Gasteiger partial charge in [0, 0.05) is 18.5 Å². The number of aromatic nitrogens is 3. The Morgan fingerprint density at radius 2 is 1.89 bits per heavy atom. The van der Waals surface area contributed by atoms with Gasteiger partial charge in [-0.15, -0.1) is 0 Å². The Balaban J connectivity index is 1.53. The minimum absolute atomic E-state index is 0.116. The predicted molar refractivity (Wildman–Crippen MR) is 135 cm³/mol. The van der Waals surface area contributed by atoms with E-state index in [-0.39, 0.29) is 34.5 Å². The van der Waals surface area contributed by atoms with Crippen LogP contribution in [-0.2, 0) is 11.8 Å². The van der Waals surface area contributed by atoms with Gasteiger partial charge in [-0.25, -0.2) is 0 Å². The van der Waals surface area contributed by atoms with Crippen LogP contribution in [0.15, 0.2) is 17.5 Å². The zero-order valence-electron chi connectivity index (χ0n) is 20.5. The number of amides is 1. The quantitative estimate of drug-likeness (QED) is 0.401. The predicted octanol–water partition coefficient (Wildman–Crippen LogP) is 3.90.